The van der Waals surface area contributed by atoms with Crippen LogP contribution in [0.2, 0.25) is 0 Å². The van der Waals surface area contributed by atoms with Crippen LogP contribution >= 0.6 is 0 Å². The van der Waals surface area contributed by atoms with Crippen molar-refractivity contribution in [3.63, 3.8) is 0 Å². The molecule has 35 heavy (non-hydrogen) atoms. The summed E-state index contributed by atoms with van der Waals surface area (Å²) < 4.78 is 11.2. The summed E-state index contributed by atoms with van der Waals surface area (Å²) in [6, 6.07) is 10.5. The van der Waals surface area contributed by atoms with Gasteiger partial charge in [0.25, 0.3) is 11.8 Å². The van der Waals surface area contributed by atoms with Crippen LogP contribution in [0.3, 0.4) is 0 Å². The minimum absolute atomic E-state index is 0.145. The van der Waals surface area contributed by atoms with E-state index < -0.39 is 11.5 Å². The van der Waals surface area contributed by atoms with E-state index in [1.54, 1.807) is 51.4 Å². The van der Waals surface area contributed by atoms with Crippen LogP contribution in [0.4, 0.5) is 5.69 Å². The van der Waals surface area contributed by atoms with Crippen molar-refractivity contribution in [3.8, 4) is 5.75 Å². The molecule has 0 spiro atoms. The third-order valence-corrected chi connectivity index (χ3v) is 6.33. The van der Waals surface area contributed by atoms with Crippen LogP contribution in [0, 0.1) is 5.92 Å². The molecule has 3 rings (SSSR count). The van der Waals surface area contributed by atoms with Crippen molar-refractivity contribution in [2.75, 3.05) is 25.7 Å². The number of anilines is 1. The Morgan fingerprint density at radius 3 is 2.40 bits per heavy atom. The number of hydrogen-bond donors (Lipinski definition) is 1. The second-order valence-corrected chi connectivity index (χ2v) is 10.6. The zero-order valence-electron chi connectivity index (χ0n) is 21.9. The Bertz CT molecular complexity index is 1150. The summed E-state index contributed by atoms with van der Waals surface area (Å²) in [7, 11) is 3.13. The molecule has 0 fully saturated rings. The highest BCUT2D eigenvalue weighted by molar-refractivity contribution is 6.14. The third kappa shape index (κ3) is 4.90. The molecule has 7 heteroatoms. The van der Waals surface area contributed by atoms with Crippen LogP contribution in [0.1, 0.15) is 73.4 Å². The molecule has 0 aromatic heterocycles. The molecule has 7 nitrogen and oxygen atoms in total. The molecule has 2 amide bonds. The lowest BCUT2D eigenvalue weighted by Gasteiger charge is -2.34. The highest BCUT2D eigenvalue weighted by Crippen LogP contribution is 2.43. The van der Waals surface area contributed by atoms with Crippen LogP contribution in [-0.2, 0) is 21.4 Å². The molecule has 0 aliphatic carbocycles. The number of nitrogens with zero attached hydrogens (tertiary/aromatic N) is 1. The Morgan fingerprint density at radius 2 is 1.83 bits per heavy atom. The van der Waals surface area contributed by atoms with E-state index in [1.165, 1.54) is 4.90 Å². The molecular formula is C28H36N2O5. The first-order valence-electron chi connectivity index (χ1n) is 11.9. The minimum atomic E-state index is -1.31. The van der Waals surface area contributed by atoms with Gasteiger partial charge in [0.1, 0.15) is 11.3 Å². The maximum atomic E-state index is 14.0. The fourth-order valence-electron chi connectivity index (χ4n) is 4.47. The van der Waals surface area contributed by atoms with Gasteiger partial charge in [0, 0.05) is 30.3 Å². The Hall–Kier alpha value is -3.35. The second kappa shape index (κ2) is 9.72. The van der Waals surface area contributed by atoms with E-state index in [9.17, 15) is 14.4 Å². The normalized spacial score (nSPS) is 17.2. The monoisotopic (exact) mass is 480 g/mol. The van der Waals surface area contributed by atoms with E-state index in [-0.39, 0.29) is 36.2 Å². The van der Waals surface area contributed by atoms with Gasteiger partial charge in [-0.3, -0.25) is 14.5 Å². The summed E-state index contributed by atoms with van der Waals surface area (Å²) in [6.07, 6.45) is 0.172. The molecule has 0 radical (unpaired) electrons. The fourth-order valence-corrected chi connectivity index (χ4v) is 4.47. The number of hydrogen-bond acceptors (Lipinski definition) is 5. The maximum absolute atomic E-state index is 14.0. The number of carbonyl (C=O) groups is 3. The number of methoxy groups -OCH3 is 1. The number of rotatable bonds is 6. The minimum Gasteiger partial charge on any atom is -0.496 e. The predicted octanol–water partition coefficient (Wildman–Crippen LogP) is 4.51. The highest BCUT2D eigenvalue weighted by atomic mass is 16.5. The van der Waals surface area contributed by atoms with Gasteiger partial charge in [-0.15, -0.1) is 0 Å². The summed E-state index contributed by atoms with van der Waals surface area (Å²) in [5.74, 6) is -0.389. The van der Waals surface area contributed by atoms with Crippen molar-refractivity contribution >= 4 is 23.5 Å². The molecular weight excluding hydrogens is 444 g/mol. The van der Waals surface area contributed by atoms with Gasteiger partial charge in [-0.1, -0.05) is 46.8 Å². The number of esters is 1. The molecule has 188 valence electrons. The van der Waals surface area contributed by atoms with Gasteiger partial charge in [0.15, 0.2) is 0 Å². The van der Waals surface area contributed by atoms with Gasteiger partial charge in [-0.2, -0.15) is 0 Å². The van der Waals surface area contributed by atoms with Gasteiger partial charge in [-0.05, 0) is 53.6 Å². The molecule has 2 aromatic carbocycles. The summed E-state index contributed by atoms with van der Waals surface area (Å²) in [4.78, 5) is 41.5. The number of carbonyl (C=O) groups excluding carboxylic acids is 3. The van der Waals surface area contributed by atoms with Crippen molar-refractivity contribution in [2.45, 2.75) is 58.9 Å². The quantitative estimate of drug-likeness (QED) is 0.615. The van der Waals surface area contributed by atoms with Crippen molar-refractivity contribution < 1.29 is 23.9 Å². The molecule has 2 aromatic rings. The molecule has 0 saturated heterocycles. The van der Waals surface area contributed by atoms with E-state index in [0.29, 0.717) is 28.1 Å². The van der Waals surface area contributed by atoms with E-state index in [1.807, 2.05) is 19.9 Å². The van der Waals surface area contributed by atoms with Crippen LogP contribution in [0.15, 0.2) is 36.4 Å². The largest absolute Gasteiger partial charge is 0.496 e. The van der Waals surface area contributed by atoms with Crippen molar-refractivity contribution in [2.24, 2.45) is 5.92 Å². The first kappa shape index (κ1) is 26.3. The highest BCUT2D eigenvalue weighted by Gasteiger charge is 2.51. The van der Waals surface area contributed by atoms with E-state index in [2.05, 4.69) is 26.1 Å². The molecule has 1 N–H and O–H groups in total. The van der Waals surface area contributed by atoms with Gasteiger partial charge >= 0.3 is 5.97 Å². The predicted molar refractivity (Wildman–Crippen MR) is 136 cm³/mol. The Kier molecular flexibility index (Phi) is 7.29. The first-order chi connectivity index (χ1) is 16.3. The average molecular weight is 481 g/mol. The molecule has 1 heterocycles. The van der Waals surface area contributed by atoms with Crippen LogP contribution in [-0.4, -0.2) is 44.1 Å². The summed E-state index contributed by atoms with van der Waals surface area (Å²) >= 11 is 0. The lowest BCUT2D eigenvalue weighted by atomic mass is 9.85. The lowest BCUT2D eigenvalue weighted by Crippen LogP contribution is -2.54. The van der Waals surface area contributed by atoms with Gasteiger partial charge in [-0.25, -0.2) is 4.79 Å². The van der Waals surface area contributed by atoms with Crippen molar-refractivity contribution in [3.05, 3.63) is 58.7 Å². The van der Waals surface area contributed by atoms with Crippen LogP contribution in [0.5, 0.6) is 5.75 Å². The van der Waals surface area contributed by atoms with Crippen molar-refractivity contribution in [1.29, 1.82) is 0 Å². The first-order valence-corrected chi connectivity index (χ1v) is 11.9. The smallest absolute Gasteiger partial charge is 0.332 e. The Labute approximate surface area is 207 Å². The number of fused-ring (bicyclic) bond motifs is 1. The number of benzene rings is 2. The van der Waals surface area contributed by atoms with E-state index in [0.717, 1.165) is 5.56 Å². The summed E-state index contributed by atoms with van der Waals surface area (Å²) in [5.41, 5.74) is 1.47. The number of amides is 2. The van der Waals surface area contributed by atoms with Gasteiger partial charge in [0.2, 0.25) is 0 Å². The molecule has 0 saturated carbocycles. The second-order valence-electron chi connectivity index (χ2n) is 10.6. The third-order valence-electron chi connectivity index (χ3n) is 6.33. The Balaban J connectivity index is 2.15. The van der Waals surface area contributed by atoms with E-state index in [4.69, 9.17) is 9.47 Å². The standard InChI is InChI=1S/C28H36N2O5/c1-17(2)16-35-26(33)28(6)15-20-19(24(31)29-7)10-9-11-22(20)30(28)25(32)18-12-13-21(27(3,4)5)23(14-18)34-8/h9-14,17H,15-16H2,1-8H3,(H,29,31). The zero-order chi connectivity index (χ0) is 26.1. The van der Waals surface area contributed by atoms with Gasteiger partial charge in [0.05, 0.1) is 13.7 Å². The Morgan fingerprint density at radius 1 is 1.14 bits per heavy atom. The number of nitrogens with one attached hydrogen (secondary N) is 1. The molecule has 1 atom stereocenters. The molecule has 1 aliphatic rings. The average Bonchev–Trinajstić information content (AvgIpc) is 3.13. The summed E-state index contributed by atoms with van der Waals surface area (Å²) in [6.45, 7) is 12.1. The molecule has 0 bridgehead atoms. The van der Waals surface area contributed by atoms with Crippen LogP contribution in [0.25, 0.3) is 0 Å². The lowest BCUT2D eigenvalue weighted by molar-refractivity contribution is -0.150. The topological polar surface area (TPSA) is 84.9 Å². The fraction of sp³-hybridized carbons (Fsp3) is 0.464. The maximum Gasteiger partial charge on any atom is 0.332 e. The summed E-state index contributed by atoms with van der Waals surface area (Å²) in [5, 5.41) is 2.64. The number of ether oxygens (including phenoxy) is 2. The van der Waals surface area contributed by atoms with Gasteiger partial charge < -0.3 is 14.8 Å². The molecule has 1 unspecified atom stereocenters. The molecule has 1 aliphatic heterocycles. The SMILES string of the molecule is CNC(=O)c1cccc2c1CC(C)(C(=O)OCC(C)C)N2C(=O)c1ccc(C(C)(C)C)c(OC)c1. The van der Waals surface area contributed by atoms with Crippen molar-refractivity contribution in [1.82, 2.24) is 5.32 Å². The van der Waals surface area contributed by atoms with E-state index >= 15 is 0 Å². The zero-order valence-corrected chi connectivity index (χ0v) is 21.9. The van der Waals surface area contributed by atoms with Crippen LogP contribution < -0.4 is 15.0 Å².